The van der Waals surface area contributed by atoms with Crippen molar-refractivity contribution in [1.82, 2.24) is 20.0 Å². The Bertz CT molecular complexity index is 548. The number of aromatic nitrogens is 2. The first-order valence-corrected chi connectivity index (χ1v) is 7.52. The van der Waals surface area contributed by atoms with E-state index in [1.54, 1.807) is 11.0 Å². The molecule has 21 heavy (non-hydrogen) atoms. The molecule has 0 unspecified atom stereocenters. The number of hydrogen-bond acceptors (Lipinski definition) is 4. The second-order valence-electron chi connectivity index (χ2n) is 5.88. The Morgan fingerprint density at radius 2 is 2.19 bits per heavy atom. The standard InChI is InChI=1S/C15H20N4O2/c1-2-18-9-6-15(14(18)21)5-3-8-19(11-15)13(20)12-4-7-16-17-10-12/h4,7,10H,2-3,5-6,8-9,11H2,1H3/t15-/m1/s1. The van der Waals surface area contributed by atoms with Crippen molar-refractivity contribution >= 4 is 11.8 Å². The predicted molar refractivity (Wildman–Crippen MR) is 76.5 cm³/mol. The molecule has 2 aliphatic rings. The average molecular weight is 288 g/mol. The van der Waals surface area contributed by atoms with Gasteiger partial charge >= 0.3 is 0 Å². The number of nitrogens with zero attached hydrogens (tertiary/aromatic N) is 4. The maximum Gasteiger partial charge on any atom is 0.255 e. The lowest BCUT2D eigenvalue weighted by molar-refractivity contribution is -0.138. The minimum Gasteiger partial charge on any atom is -0.342 e. The van der Waals surface area contributed by atoms with E-state index in [0.29, 0.717) is 18.7 Å². The minimum absolute atomic E-state index is 0.0493. The van der Waals surface area contributed by atoms with Gasteiger partial charge in [-0.3, -0.25) is 9.59 Å². The average Bonchev–Trinajstić information content (AvgIpc) is 2.84. The van der Waals surface area contributed by atoms with Gasteiger partial charge in [0.05, 0.1) is 23.4 Å². The van der Waals surface area contributed by atoms with Crippen molar-refractivity contribution < 1.29 is 9.59 Å². The second kappa shape index (κ2) is 5.42. The van der Waals surface area contributed by atoms with Gasteiger partial charge in [-0.15, -0.1) is 0 Å². The van der Waals surface area contributed by atoms with Gasteiger partial charge in [0, 0.05) is 26.2 Å². The summed E-state index contributed by atoms with van der Waals surface area (Å²) in [5, 5.41) is 7.45. The van der Waals surface area contributed by atoms with E-state index in [0.717, 1.165) is 32.4 Å². The van der Waals surface area contributed by atoms with Crippen molar-refractivity contribution in [3.05, 3.63) is 24.0 Å². The zero-order valence-electron chi connectivity index (χ0n) is 12.3. The molecule has 2 saturated heterocycles. The van der Waals surface area contributed by atoms with Crippen molar-refractivity contribution in [3.63, 3.8) is 0 Å². The lowest BCUT2D eigenvalue weighted by Gasteiger charge is -2.39. The molecule has 112 valence electrons. The molecule has 6 nitrogen and oxygen atoms in total. The number of carbonyl (C=O) groups excluding carboxylic acids is 2. The Labute approximate surface area is 124 Å². The molecule has 1 aromatic rings. The summed E-state index contributed by atoms with van der Waals surface area (Å²) in [7, 11) is 0. The van der Waals surface area contributed by atoms with Gasteiger partial charge in [-0.05, 0) is 32.3 Å². The fourth-order valence-corrected chi connectivity index (χ4v) is 3.48. The topological polar surface area (TPSA) is 66.4 Å². The smallest absolute Gasteiger partial charge is 0.255 e. The van der Waals surface area contributed by atoms with Crippen molar-refractivity contribution in [3.8, 4) is 0 Å². The third kappa shape index (κ3) is 2.39. The van der Waals surface area contributed by atoms with Crippen LogP contribution in [0.15, 0.2) is 18.5 Å². The van der Waals surface area contributed by atoms with Gasteiger partial charge in [0.1, 0.15) is 0 Å². The number of carbonyl (C=O) groups is 2. The van der Waals surface area contributed by atoms with Crippen LogP contribution in [-0.4, -0.2) is 58.0 Å². The normalized spacial score (nSPS) is 25.7. The molecule has 2 amide bonds. The van der Waals surface area contributed by atoms with Gasteiger partial charge in [0.15, 0.2) is 0 Å². The SMILES string of the molecule is CCN1CC[C@@]2(CCCN(C(=O)c3ccnnc3)C2)C1=O. The molecular formula is C15H20N4O2. The first kappa shape index (κ1) is 14.0. The maximum atomic E-state index is 12.6. The van der Waals surface area contributed by atoms with Crippen LogP contribution < -0.4 is 0 Å². The molecule has 1 spiro atoms. The van der Waals surface area contributed by atoms with Crippen LogP contribution in [0.5, 0.6) is 0 Å². The van der Waals surface area contributed by atoms with Crippen LogP contribution >= 0.6 is 0 Å². The highest BCUT2D eigenvalue weighted by Gasteiger charge is 2.49. The summed E-state index contributed by atoms with van der Waals surface area (Å²) in [5.41, 5.74) is 0.185. The van der Waals surface area contributed by atoms with Crippen LogP contribution in [0.4, 0.5) is 0 Å². The second-order valence-corrected chi connectivity index (χ2v) is 5.88. The summed E-state index contributed by atoms with van der Waals surface area (Å²) in [6.45, 7) is 4.81. The number of likely N-dealkylation sites (tertiary alicyclic amines) is 2. The van der Waals surface area contributed by atoms with Gasteiger partial charge < -0.3 is 9.80 Å². The van der Waals surface area contributed by atoms with Gasteiger partial charge in [0.2, 0.25) is 5.91 Å². The van der Waals surface area contributed by atoms with Crippen LogP contribution in [0.1, 0.15) is 36.5 Å². The van der Waals surface area contributed by atoms with Crippen LogP contribution in [0, 0.1) is 5.41 Å². The number of piperidine rings is 1. The lowest BCUT2D eigenvalue weighted by atomic mass is 9.78. The quantitative estimate of drug-likeness (QED) is 0.812. The van der Waals surface area contributed by atoms with Crippen LogP contribution in [0.25, 0.3) is 0 Å². The molecule has 1 atom stereocenters. The van der Waals surface area contributed by atoms with Crippen molar-refractivity contribution in [1.29, 1.82) is 0 Å². The van der Waals surface area contributed by atoms with Crippen LogP contribution in [0.2, 0.25) is 0 Å². The highest BCUT2D eigenvalue weighted by Crippen LogP contribution is 2.40. The Morgan fingerprint density at radius 1 is 1.33 bits per heavy atom. The summed E-state index contributed by atoms with van der Waals surface area (Å²) < 4.78 is 0. The number of amides is 2. The zero-order valence-corrected chi connectivity index (χ0v) is 12.3. The Hall–Kier alpha value is -1.98. The largest absolute Gasteiger partial charge is 0.342 e. The summed E-state index contributed by atoms with van der Waals surface area (Å²) in [6, 6.07) is 1.67. The van der Waals surface area contributed by atoms with E-state index in [4.69, 9.17) is 0 Å². The van der Waals surface area contributed by atoms with Crippen LogP contribution in [0.3, 0.4) is 0 Å². The zero-order chi connectivity index (χ0) is 14.9. The molecule has 0 bridgehead atoms. The maximum absolute atomic E-state index is 12.6. The predicted octanol–water partition coefficient (Wildman–Crippen LogP) is 0.951. The molecule has 1 aromatic heterocycles. The van der Waals surface area contributed by atoms with Gasteiger partial charge in [-0.2, -0.15) is 10.2 Å². The molecule has 3 heterocycles. The molecule has 0 aromatic carbocycles. The summed E-state index contributed by atoms with van der Waals surface area (Å²) >= 11 is 0. The number of hydrogen-bond donors (Lipinski definition) is 0. The van der Waals surface area contributed by atoms with Gasteiger partial charge in [0.25, 0.3) is 5.91 Å². The van der Waals surface area contributed by atoms with E-state index in [1.807, 2.05) is 11.8 Å². The molecule has 0 radical (unpaired) electrons. The molecule has 6 heteroatoms. The van der Waals surface area contributed by atoms with E-state index in [2.05, 4.69) is 10.2 Å². The summed E-state index contributed by atoms with van der Waals surface area (Å²) in [6.07, 6.45) is 5.64. The number of rotatable bonds is 2. The fourth-order valence-electron chi connectivity index (χ4n) is 3.48. The third-order valence-electron chi connectivity index (χ3n) is 4.68. The van der Waals surface area contributed by atoms with Crippen LogP contribution in [-0.2, 0) is 4.79 Å². The summed E-state index contributed by atoms with van der Waals surface area (Å²) in [4.78, 5) is 28.8. The highest BCUT2D eigenvalue weighted by atomic mass is 16.2. The summed E-state index contributed by atoms with van der Waals surface area (Å²) in [5.74, 6) is 0.169. The minimum atomic E-state index is -0.357. The van der Waals surface area contributed by atoms with E-state index >= 15 is 0 Å². The Balaban J connectivity index is 1.78. The third-order valence-corrected chi connectivity index (χ3v) is 4.68. The van der Waals surface area contributed by atoms with Crippen molar-refractivity contribution in [2.75, 3.05) is 26.2 Å². The fraction of sp³-hybridized carbons (Fsp3) is 0.600. The molecular weight excluding hydrogens is 268 g/mol. The molecule has 3 rings (SSSR count). The molecule has 0 aliphatic carbocycles. The lowest BCUT2D eigenvalue weighted by Crippen LogP contribution is -2.49. The van der Waals surface area contributed by atoms with E-state index < -0.39 is 0 Å². The van der Waals surface area contributed by atoms with Gasteiger partial charge in [-0.25, -0.2) is 0 Å². The first-order chi connectivity index (χ1) is 10.2. The van der Waals surface area contributed by atoms with E-state index in [-0.39, 0.29) is 17.2 Å². The highest BCUT2D eigenvalue weighted by molar-refractivity contribution is 5.94. The molecule has 0 N–H and O–H groups in total. The molecule has 2 fully saturated rings. The van der Waals surface area contributed by atoms with Crippen molar-refractivity contribution in [2.24, 2.45) is 5.41 Å². The Kier molecular flexibility index (Phi) is 3.61. The Morgan fingerprint density at radius 3 is 2.86 bits per heavy atom. The first-order valence-electron chi connectivity index (χ1n) is 7.52. The van der Waals surface area contributed by atoms with E-state index in [1.165, 1.54) is 12.4 Å². The molecule has 0 saturated carbocycles. The van der Waals surface area contributed by atoms with Crippen molar-refractivity contribution in [2.45, 2.75) is 26.2 Å². The van der Waals surface area contributed by atoms with E-state index in [9.17, 15) is 9.59 Å². The van der Waals surface area contributed by atoms with Gasteiger partial charge in [-0.1, -0.05) is 0 Å². The molecule has 2 aliphatic heterocycles. The monoisotopic (exact) mass is 288 g/mol.